The number of thioether (sulfide) groups is 2. The van der Waals surface area contributed by atoms with Crippen LogP contribution >= 0.6 is 23.5 Å². The van der Waals surface area contributed by atoms with E-state index in [0.29, 0.717) is 22.4 Å². The van der Waals surface area contributed by atoms with Crippen LogP contribution in [0.25, 0.3) is 0 Å². The summed E-state index contributed by atoms with van der Waals surface area (Å²) in [4.78, 5) is 24.0. The van der Waals surface area contributed by atoms with Crippen molar-refractivity contribution >= 4 is 35.3 Å². The van der Waals surface area contributed by atoms with Gasteiger partial charge in [-0.15, -0.1) is 23.5 Å². The van der Waals surface area contributed by atoms with E-state index in [9.17, 15) is 9.59 Å². The Morgan fingerprint density at radius 3 is 2.46 bits per heavy atom. The molecule has 0 N–H and O–H groups in total. The van der Waals surface area contributed by atoms with Crippen molar-refractivity contribution in [2.24, 2.45) is 0 Å². The van der Waals surface area contributed by atoms with Gasteiger partial charge in [0, 0.05) is 35.0 Å². The van der Waals surface area contributed by atoms with E-state index in [0.717, 1.165) is 11.4 Å². The third-order valence-electron chi connectivity index (χ3n) is 4.79. The van der Waals surface area contributed by atoms with Crippen LogP contribution in [0.15, 0.2) is 30.3 Å². The highest BCUT2D eigenvalue weighted by Gasteiger charge is 2.19. The lowest BCUT2D eigenvalue weighted by atomic mass is 10.1. The number of ketones is 1. The van der Waals surface area contributed by atoms with Crippen molar-refractivity contribution in [2.75, 3.05) is 25.2 Å². The van der Waals surface area contributed by atoms with Crippen LogP contribution in [-0.2, 0) is 16.1 Å². The minimum Gasteiger partial charge on any atom is -0.485 e. The summed E-state index contributed by atoms with van der Waals surface area (Å²) in [6.45, 7) is 4.31. The summed E-state index contributed by atoms with van der Waals surface area (Å²) in [5.41, 5.74) is 3.72. The largest absolute Gasteiger partial charge is 0.485 e. The third-order valence-corrected chi connectivity index (χ3v) is 7.89. The molecule has 28 heavy (non-hydrogen) atoms. The second kappa shape index (κ2) is 9.56. The molecular weight excluding hydrogens is 394 g/mol. The van der Waals surface area contributed by atoms with Crippen LogP contribution in [0.5, 0.6) is 5.75 Å². The molecule has 2 heterocycles. The number of ether oxygens (including phenoxy) is 2. The number of carbonyl (C=O) groups excluding carboxylic acids is 2. The van der Waals surface area contributed by atoms with Gasteiger partial charge >= 0.3 is 5.97 Å². The number of rotatable bonds is 8. The molecule has 150 valence electrons. The molecule has 1 aromatic carbocycles. The van der Waals surface area contributed by atoms with Gasteiger partial charge in [-0.1, -0.05) is 12.1 Å². The van der Waals surface area contributed by atoms with Crippen molar-refractivity contribution in [1.29, 1.82) is 0 Å². The Balaban J connectivity index is 1.59. The van der Waals surface area contributed by atoms with Crippen LogP contribution in [0.3, 0.4) is 0 Å². The van der Waals surface area contributed by atoms with E-state index in [-0.39, 0.29) is 24.8 Å². The summed E-state index contributed by atoms with van der Waals surface area (Å²) in [6.07, 6.45) is 0.279. The van der Waals surface area contributed by atoms with Crippen molar-refractivity contribution in [1.82, 2.24) is 4.57 Å². The lowest BCUT2D eigenvalue weighted by Crippen LogP contribution is -2.14. The average Bonchev–Trinajstić information content (AvgIpc) is 3.33. The van der Waals surface area contributed by atoms with Crippen LogP contribution < -0.4 is 4.74 Å². The first-order valence-corrected chi connectivity index (χ1v) is 11.3. The summed E-state index contributed by atoms with van der Waals surface area (Å²) >= 11 is 3.93. The highest BCUT2D eigenvalue weighted by Crippen LogP contribution is 2.45. The van der Waals surface area contributed by atoms with Gasteiger partial charge in [-0.25, -0.2) is 0 Å². The molecule has 0 amide bonds. The number of benzene rings is 1. The van der Waals surface area contributed by atoms with E-state index in [1.165, 1.54) is 24.2 Å². The molecule has 1 fully saturated rings. The molecule has 0 bridgehead atoms. The molecule has 0 spiro atoms. The zero-order valence-corrected chi connectivity index (χ0v) is 18.0. The first-order chi connectivity index (χ1) is 13.5. The number of nitrogens with zero attached hydrogens (tertiary/aromatic N) is 1. The van der Waals surface area contributed by atoms with Gasteiger partial charge in [-0.3, -0.25) is 9.59 Å². The standard InChI is InChI=1S/C21H25NO4S2/c1-14-12-18(15(2)22(14)9-8-20(24)25-3)19(23)13-26-17-6-4-16(5-7-17)21-27-10-11-28-21/h4-7,12,21H,8-11,13H2,1-3H3. The second-order valence-corrected chi connectivity index (χ2v) is 9.34. The minimum atomic E-state index is -0.262. The maximum Gasteiger partial charge on any atom is 0.307 e. The Morgan fingerprint density at radius 2 is 1.82 bits per heavy atom. The third kappa shape index (κ3) is 4.94. The number of hydrogen-bond acceptors (Lipinski definition) is 6. The number of aryl methyl sites for hydroxylation is 1. The normalized spacial score (nSPS) is 14.2. The number of methoxy groups -OCH3 is 1. The van der Waals surface area contributed by atoms with E-state index in [1.54, 1.807) is 0 Å². The molecule has 0 radical (unpaired) electrons. The van der Waals surface area contributed by atoms with Crippen molar-refractivity contribution < 1.29 is 19.1 Å². The highest BCUT2D eigenvalue weighted by atomic mass is 32.2. The Kier molecular flexibility index (Phi) is 7.13. The van der Waals surface area contributed by atoms with Gasteiger partial charge in [0.25, 0.3) is 0 Å². The highest BCUT2D eigenvalue weighted by molar-refractivity contribution is 8.19. The maximum absolute atomic E-state index is 12.6. The fraction of sp³-hybridized carbons (Fsp3) is 0.429. The van der Waals surface area contributed by atoms with Crippen molar-refractivity contribution in [3.8, 4) is 5.75 Å². The smallest absolute Gasteiger partial charge is 0.307 e. The van der Waals surface area contributed by atoms with E-state index in [4.69, 9.17) is 9.47 Å². The van der Waals surface area contributed by atoms with Crippen LogP contribution in [0.4, 0.5) is 0 Å². The van der Waals surface area contributed by atoms with Crippen molar-refractivity contribution in [3.05, 3.63) is 52.8 Å². The Hall–Kier alpha value is -1.86. The minimum absolute atomic E-state index is 0.00638. The first-order valence-electron chi connectivity index (χ1n) is 9.22. The molecule has 5 nitrogen and oxygen atoms in total. The van der Waals surface area contributed by atoms with Gasteiger partial charge in [0.1, 0.15) is 5.75 Å². The topological polar surface area (TPSA) is 57.5 Å². The molecule has 1 saturated heterocycles. The summed E-state index contributed by atoms with van der Waals surface area (Å²) in [7, 11) is 1.38. The molecular formula is C21H25NO4S2. The quantitative estimate of drug-likeness (QED) is 0.467. The van der Waals surface area contributed by atoms with E-state index < -0.39 is 0 Å². The summed E-state index contributed by atoms with van der Waals surface area (Å²) < 4.78 is 12.9. The predicted molar refractivity (Wildman–Crippen MR) is 114 cm³/mol. The van der Waals surface area contributed by atoms with Gasteiger partial charge in [0.15, 0.2) is 6.61 Å². The summed E-state index contributed by atoms with van der Waals surface area (Å²) in [6, 6.07) is 9.88. The van der Waals surface area contributed by atoms with Crippen LogP contribution in [0.1, 0.15) is 38.3 Å². The fourth-order valence-corrected chi connectivity index (χ4v) is 6.09. The van der Waals surface area contributed by atoms with Crippen molar-refractivity contribution in [3.63, 3.8) is 0 Å². The average molecular weight is 420 g/mol. The Bertz CT molecular complexity index is 839. The number of aromatic nitrogens is 1. The number of carbonyl (C=O) groups is 2. The molecule has 1 aromatic heterocycles. The SMILES string of the molecule is COC(=O)CCn1c(C)cc(C(=O)COc2ccc(C3SCCS3)cc2)c1C. The first kappa shape index (κ1) is 20.9. The zero-order valence-electron chi connectivity index (χ0n) is 16.4. The van der Waals surface area contributed by atoms with Crippen molar-refractivity contribution in [2.45, 2.75) is 31.4 Å². The summed E-state index contributed by atoms with van der Waals surface area (Å²) in [5, 5.41) is 0. The molecule has 1 aliphatic rings. The number of Topliss-reactive ketones (excluding diaryl/α,β-unsaturated/α-hetero) is 1. The molecule has 0 unspecified atom stereocenters. The van der Waals surface area contributed by atoms with Gasteiger partial charge in [-0.05, 0) is 37.6 Å². The van der Waals surface area contributed by atoms with E-state index in [1.807, 2.05) is 60.1 Å². The monoisotopic (exact) mass is 419 g/mol. The molecule has 2 aromatic rings. The maximum atomic E-state index is 12.6. The predicted octanol–water partition coefficient (Wildman–Crippen LogP) is 4.41. The second-order valence-electron chi connectivity index (χ2n) is 6.62. The lowest BCUT2D eigenvalue weighted by molar-refractivity contribution is -0.140. The molecule has 1 aliphatic heterocycles. The van der Waals surface area contributed by atoms with Gasteiger partial charge in [0.05, 0.1) is 18.1 Å². The Morgan fingerprint density at radius 1 is 1.14 bits per heavy atom. The number of hydrogen-bond donors (Lipinski definition) is 0. The zero-order chi connectivity index (χ0) is 20.1. The van der Waals surface area contributed by atoms with Gasteiger partial charge in [0.2, 0.25) is 5.78 Å². The lowest BCUT2D eigenvalue weighted by Gasteiger charge is -2.11. The van der Waals surface area contributed by atoms with E-state index >= 15 is 0 Å². The van der Waals surface area contributed by atoms with E-state index in [2.05, 4.69) is 12.1 Å². The van der Waals surface area contributed by atoms with Crippen LogP contribution in [-0.4, -0.2) is 41.5 Å². The molecule has 0 atom stereocenters. The Labute approximate surface area is 174 Å². The van der Waals surface area contributed by atoms with Gasteiger partial charge in [-0.2, -0.15) is 0 Å². The molecule has 0 saturated carbocycles. The summed E-state index contributed by atoms with van der Waals surface area (Å²) in [5.74, 6) is 2.76. The van der Waals surface area contributed by atoms with Crippen LogP contribution in [0, 0.1) is 13.8 Å². The molecule has 3 rings (SSSR count). The fourth-order valence-electron chi connectivity index (χ4n) is 3.23. The number of esters is 1. The molecule has 7 heteroatoms. The molecule has 0 aliphatic carbocycles. The van der Waals surface area contributed by atoms with Crippen LogP contribution in [0.2, 0.25) is 0 Å². The van der Waals surface area contributed by atoms with Gasteiger partial charge < -0.3 is 14.0 Å².